The lowest BCUT2D eigenvalue weighted by Gasteiger charge is -1.98. The molecular formula is C20H42O5P+. The summed E-state index contributed by atoms with van der Waals surface area (Å²) in [6, 6.07) is 0. The molecule has 5 nitrogen and oxygen atoms in total. The lowest BCUT2D eigenvalue weighted by Crippen LogP contribution is -1.95. The standard InChI is InChI=1S/C16H34O3P.C4H8O2/c1-3-5-7-9-11-13-15-18-20(17)19-16-14-12-10-8-6-4-2;1-3-6-4(2)5/h3-16H2,1-2H3;3H2,1-2H3/q+1;. The van der Waals surface area contributed by atoms with Gasteiger partial charge in [-0.2, -0.15) is 0 Å². The number of rotatable bonds is 17. The molecule has 0 aliphatic heterocycles. The first kappa shape index (κ1) is 27.7. The van der Waals surface area contributed by atoms with E-state index in [1.807, 2.05) is 0 Å². The molecule has 0 aromatic heterocycles. The molecule has 26 heavy (non-hydrogen) atoms. The average molecular weight is 394 g/mol. The number of carbonyl (C=O) groups is 1. The molecule has 0 radical (unpaired) electrons. The third-order valence-electron chi connectivity index (χ3n) is 3.74. The van der Waals surface area contributed by atoms with Gasteiger partial charge in [0.25, 0.3) is 0 Å². The molecule has 0 bridgehead atoms. The van der Waals surface area contributed by atoms with Crippen LogP contribution >= 0.6 is 8.25 Å². The van der Waals surface area contributed by atoms with E-state index in [9.17, 15) is 9.36 Å². The fourth-order valence-electron chi connectivity index (χ4n) is 2.28. The monoisotopic (exact) mass is 393 g/mol. The minimum absolute atomic E-state index is 0.211. The Morgan fingerprint density at radius 2 is 1.08 bits per heavy atom. The van der Waals surface area contributed by atoms with Gasteiger partial charge in [-0.1, -0.05) is 78.1 Å². The van der Waals surface area contributed by atoms with Crippen LogP contribution in [0, 0.1) is 0 Å². The van der Waals surface area contributed by atoms with Crippen LogP contribution in [0.25, 0.3) is 0 Å². The third kappa shape index (κ3) is 28.3. The highest BCUT2D eigenvalue weighted by Crippen LogP contribution is 2.24. The second-order valence-electron chi connectivity index (χ2n) is 6.35. The minimum atomic E-state index is -1.89. The summed E-state index contributed by atoms with van der Waals surface area (Å²) in [6.07, 6.45) is 14.6. The van der Waals surface area contributed by atoms with E-state index < -0.39 is 8.25 Å². The summed E-state index contributed by atoms with van der Waals surface area (Å²) in [5, 5.41) is 0. The molecule has 0 atom stereocenters. The zero-order chi connectivity index (χ0) is 19.9. The molecule has 0 fully saturated rings. The summed E-state index contributed by atoms with van der Waals surface area (Å²) in [7, 11) is -1.89. The first-order chi connectivity index (χ1) is 12.6. The van der Waals surface area contributed by atoms with Crippen molar-refractivity contribution in [2.45, 2.75) is 105 Å². The molecule has 0 aliphatic rings. The van der Waals surface area contributed by atoms with Crippen molar-refractivity contribution in [1.29, 1.82) is 0 Å². The van der Waals surface area contributed by atoms with Gasteiger partial charge < -0.3 is 4.74 Å². The Bertz CT molecular complexity index is 291. The molecule has 0 aliphatic carbocycles. The van der Waals surface area contributed by atoms with E-state index in [0.29, 0.717) is 19.8 Å². The molecular weight excluding hydrogens is 351 g/mol. The van der Waals surface area contributed by atoms with Crippen LogP contribution in [0.4, 0.5) is 0 Å². The fourth-order valence-corrected chi connectivity index (χ4v) is 2.91. The molecule has 0 saturated heterocycles. The van der Waals surface area contributed by atoms with Crippen molar-refractivity contribution in [3.8, 4) is 0 Å². The van der Waals surface area contributed by atoms with Gasteiger partial charge in [0.05, 0.1) is 6.61 Å². The van der Waals surface area contributed by atoms with Crippen molar-refractivity contribution >= 4 is 14.2 Å². The van der Waals surface area contributed by atoms with Gasteiger partial charge in [-0.15, -0.1) is 9.05 Å². The van der Waals surface area contributed by atoms with Crippen LogP contribution in [-0.2, 0) is 23.1 Å². The van der Waals surface area contributed by atoms with Crippen molar-refractivity contribution in [3.05, 3.63) is 0 Å². The Morgan fingerprint density at radius 1 is 0.692 bits per heavy atom. The van der Waals surface area contributed by atoms with Gasteiger partial charge in [-0.05, 0) is 19.8 Å². The van der Waals surface area contributed by atoms with E-state index in [1.54, 1.807) is 6.92 Å². The number of carbonyl (C=O) groups excluding carboxylic acids is 1. The first-order valence-corrected chi connectivity index (χ1v) is 11.5. The number of esters is 1. The predicted molar refractivity (Wildman–Crippen MR) is 109 cm³/mol. The Balaban J connectivity index is 0. The number of hydrogen-bond donors (Lipinski definition) is 0. The summed E-state index contributed by atoms with van der Waals surface area (Å²) >= 11 is 0. The van der Waals surface area contributed by atoms with E-state index in [4.69, 9.17) is 9.05 Å². The molecule has 0 heterocycles. The highest BCUT2D eigenvalue weighted by molar-refractivity contribution is 7.33. The van der Waals surface area contributed by atoms with Crippen LogP contribution < -0.4 is 0 Å². The largest absolute Gasteiger partial charge is 0.697 e. The molecule has 0 rings (SSSR count). The van der Waals surface area contributed by atoms with Gasteiger partial charge in [0, 0.05) is 11.5 Å². The maximum Gasteiger partial charge on any atom is 0.697 e. The van der Waals surface area contributed by atoms with Crippen LogP contribution in [0.1, 0.15) is 105 Å². The van der Waals surface area contributed by atoms with Crippen LogP contribution in [0.2, 0.25) is 0 Å². The topological polar surface area (TPSA) is 61.8 Å². The van der Waals surface area contributed by atoms with Crippen LogP contribution in [0.15, 0.2) is 0 Å². The summed E-state index contributed by atoms with van der Waals surface area (Å²) in [6.45, 7) is 9.22. The fraction of sp³-hybridized carbons (Fsp3) is 0.950. The summed E-state index contributed by atoms with van der Waals surface area (Å²) < 4.78 is 26.2. The Morgan fingerprint density at radius 3 is 1.38 bits per heavy atom. The highest BCUT2D eigenvalue weighted by Gasteiger charge is 2.18. The molecule has 0 aromatic carbocycles. The van der Waals surface area contributed by atoms with Crippen molar-refractivity contribution in [3.63, 3.8) is 0 Å². The van der Waals surface area contributed by atoms with Gasteiger partial charge in [0.2, 0.25) is 0 Å². The Kier molecular flexibility index (Phi) is 26.1. The number of ether oxygens (including phenoxy) is 1. The predicted octanol–water partition coefficient (Wildman–Crippen LogP) is 6.97. The zero-order valence-electron chi connectivity index (χ0n) is 17.6. The van der Waals surface area contributed by atoms with Crippen LogP contribution in [-0.4, -0.2) is 25.8 Å². The summed E-state index contributed by atoms with van der Waals surface area (Å²) in [5.41, 5.74) is 0. The van der Waals surface area contributed by atoms with Crippen molar-refractivity contribution in [2.24, 2.45) is 0 Å². The van der Waals surface area contributed by atoms with E-state index in [1.165, 1.54) is 71.1 Å². The summed E-state index contributed by atoms with van der Waals surface area (Å²) in [4.78, 5) is 9.82. The maximum absolute atomic E-state index is 11.4. The SMILES string of the molecule is CCCCCCCCO[P+](=O)OCCCCCCCC.CCOC(C)=O. The van der Waals surface area contributed by atoms with Crippen molar-refractivity contribution < 1.29 is 23.1 Å². The third-order valence-corrected chi connectivity index (χ3v) is 4.52. The van der Waals surface area contributed by atoms with E-state index in [-0.39, 0.29) is 5.97 Å². The second kappa shape index (κ2) is 24.5. The molecule has 0 spiro atoms. The van der Waals surface area contributed by atoms with Gasteiger partial charge in [0.15, 0.2) is 0 Å². The van der Waals surface area contributed by atoms with E-state index in [2.05, 4.69) is 18.6 Å². The number of unbranched alkanes of at least 4 members (excludes halogenated alkanes) is 10. The first-order valence-electron chi connectivity index (χ1n) is 10.4. The average Bonchev–Trinajstić information content (AvgIpc) is 2.60. The molecule has 0 aromatic rings. The maximum atomic E-state index is 11.4. The smallest absolute Gasteiger partial charge is 0.466 e. The molecule has 0 amide bonds. The van der Waals surface area contributed by atoms with Gasteiger partial charge >= 0.3 is 14.2 Å². The van der Waals surface area contributed by atoms with E-state index in [0.717, 1.165) is 12.8 Å². The lowest BCUT2D eigenvalue weighted by atomic mass is 10.1. The van der Waals surface area contributed by atoms with Gasteiger partial charge in [-0.25, -0.2) is 0 Å². The molecule has 0 N–H and O–H groups in total. The number of hydrogen-bond acceptors (Lipinski definition) is 5. The molecule has 156 valence electrons. The van der Waals surface area contributed by atoms with Crippen molar-refractivity contribution in [1.82, 2.24) is 0 Å². The molecule has 0 unspecified atom stereocenters. The van der Waals surface area contributed by atoms with Crippen molar-refractivity contribution in [2.75, 3.05) is 19.8 Å². The summed E-state index contributed by atoms with van der Waals surface area (Å²) in [5.74, 6) is -0.211. The molecule has 6 heteroatoms. The highest BCUT2D eigenvalue weighted by atomic mass is 31.1. The lowest BCUT2D eigenvalue weighted by molar-refractivity contribution is -0.140. The minimum Gasteiger partial charge on any atom is -0.466 e. The second-order valence-corrected chi connectivity index (χ2v) is 7.31. The Labute approximate surface area is 162 Å². The van der Waals surface area contributed by atoms with Gasteiger partial charge in [-0.3, -0.25) is 4.79 Å². The zero-order valence-corrected chi connectivity index (χ0v) is 18.5. The molecule has 0 saturated carbocycles. The van der Waals surface area contributed by atoms with Gasteiger partial charge in [0.1, 0.15) is 13.2 Å². The quantitative estimate of drug-likeness (QED) is 0.152. The van der Waals surface area contributed by atoms with Crippen LogP contribution in [0.5, 0.6) is 0 Å². The normalized spacial score (nSPS) is 10.2. The van der Waals surface area contributed by atoms with Crippen LogP contribution in [0.3, 0.4) is 0 Å². The Hall–Kier alpha value is -0.510. The van der Waals surface area contributed by atoms with E-state index >= 15 is 0 Å².